The van der Waals surface area contributed by atoms with Crippen LogP contribution in [-0.4, -0.2) is 62.7 Å². The molecule has 1 unspecified atom stereocenters. The van der Waals surface area contributed by atoms with E-state index in [0.29, 0.717) is 37.3 Å². The zero-order chi connectivity index (χ0) is 25.0. The summed E-state index contributed by atoms with van der Waals surface area (Å²) in [6, 6.07) is 12.1. The Kier molecular flexibility index (Phi) is 5.28. The molecule has 0 radical (unpaired) electrons. The minimum atomic E-state index is -0.617. The monoisotopic (exact) mass is 486 g/mol. The summed E-state index contributed by atoms with van der Waals surface area (Å²) in [6.45, 7) is 1.62. The molecule has 2 aromatic carbocycles. The highest BCUT2D eigenvalue weighted by molar-refractivity contribution is 6.05. The highest BCUT2D eigenvalue weighted by atomic mass is 16.3. The number of rotatable bonds is 3. The van der Waals surface area contributed by atoms with Crippen LogP contribution in [0, 0.1) is 0 Å². The number of hydrogen-bond donors (Lipinski definition) is 3. The van der Waals surface area contributed by atoms with Gasteiger partial charge in [-0.2, -0.15) is 0 Å². The number of nitrogens with one attached hydrogen (secondary N) is 2. The Morgan fingerprint density at radius 2 is 1.78 bits per heavy atom. The summed E-state index contributed by atoms with van der Waals surface area (Å²) in [5.41, 5.74) is 3.90. The van der Waals surface area contributed by atoms with Gasteiger partial charge in [-0.15, -0.1) is 0 Å². The molecule has 6 rings (SSSR count). The first kappa shape index (κ1) is 22.3. The fourth-order valence-electron chi connectivity index (χ4n) is 5.66. The van der Waals surface area contributed by atoms with Crippen molar-refractivity contribution in [2.24, 2.45) is 0 Å². The number of imide groups is 1. The summed E-state index contributed by atoms with van der Waals surface area (Å²) < 4.78 is 0. The molecular formula is C27H26N4O5. The minimum Gasteiger partial charge on any atom is -0.508 e. The molecule has 0 aliphatic carbocycles. The second-order valence-corrected chi connectivity index (χ2v) is 9.84. The molecule has 2 fully saturated rings. The molecule has 9 nitrogen and oxygen atoms in total. The van der Waals surface area contributed by atoms with Crippen molar-refractivity contribution in [3.8, 4) is 5.75 Å². The number of phenolic OH excluding ortho intramolecular Hbond substituents is 1. The van der Waals surface area contributed by atoms with E-state index in [4.69, 9.17) is 0 Å². The van der Waals surface area contributed by atoms with E-state index in [-0.39, 0.29) is 35.8 Å². The van der Waals surface area contributed by atoms with Gasteiger partial charge in [0.15, 0.2) is 0 Å². The van der Waals surface area contributed by atoms with Crippen LogP contribution < -0.4 is 5.32 Å². The highest BCUT2D eigenvalue weighted by Crippen LogP contribution is 2.34. The van der Waals surface area contributed by atoms with E-state index in [2.05, 4.69) is 16.4 Å². The van der Waals surface area contributed by atoms with Gasteiger partial charge < -0.3 is 19.9 Å². The second kappa shape index (κ2) is 8.51. The zero-order valence-electron chi connectivity index (χ0n) is 19.6. The number of aromatic nitrogens is 1. The summed E-state index contributed by atoms with van der Waals surface area (Å²) in [7, 11) is 0. The van der Waals surface area contributed by atoms with Gasteiger partial charge in [-0.05, 0) is 60.6 Å². The number of aromatic hydroxyl groups is 1. The average Bonchev–Trinajstić information content (AvgIpc) is 3.44. The third kappa shape index (κ3) is 3.80. The summed E-state index contributed by atoms with van der Waals surface area (Å²) >= 11 is 0. The Labute approximate surface area is 207 Å². The quantitative estimate of drug-likeness (QED) is 0.491. The predicted octanol–water partition coefficient (Wildman–Crippen LogP) is 2.65. The molecule has 4 amide bonds. The number of benzene rings is 2. The summed E-state index contributed by atoms with van der Waals surface area (Å²) in [6.07, 6.45) is 2.22. The fourth-order valence-corrected chi connectivity index (χ4v) is 5.66. The van der Waals surface area contributed by atoms with Gasteiger partial charge in [0.05, 0.1) is 0 Å². The lowest BCUT2D eigenvalue weighted by molar-refractivity contribution is -0.136. The lowest BCUT2D eigenvalue weighted by Gasteiger charge is -2.32. The molecule has 184 valence electrons. The van der Waals surface area contributed by atoms with Crippen LogP contribution in [0.4, 0.5) is 0 Å². The van der Waals surface area contributed by atoms with Crippen molar-refractivity contribution in [3.05, 3.63) is 64.8 Å². The van der Waals surface area contributed by atoms with Crippen molar-refractivity contribution < 1.29 is 24.3 Å². The Balaban J connectivity index is 1.12. The van der Waals surface area contributed by atoms with Gasteiger partial charge in [0.25, 0.3) is 11.8 Å². The standard InChI is InChI=1S/C27H26N4O5/c32-19-3-1-17-12-22(28-21(17)13-19)27(36)30-9-7-15(8-10-30)16-2-4-20-18(11-16)14-31(26(20)35)23-5-6-24(33)29-25(23)34/h1-4,11-13,15,23,28,32H,5-10,14H2,(H,29,33,34). The van der Waals surface area contributed by atoms with Crippen molar-refractivity contribution in [3.63, 3.8) is 0 Å². The smallest absolute Gasteiger partial charge is 0.270 e. The van der Waals surface area contributed by atoms with E-state index >= 15 is 0 Å². The zero-order valence-corrected chi connectivity index (χ0v) is 19.6. The van der Waals surface area contributed by atoms with Crippen LogP contribution in [-0.2, 0) is 16.1 Å². The molecule has 4 heterocycles. The maximum atomic E-state index is 13.1. The van der Waals surface area contributed by atoms with Crippen molar-refractivity contribution in [1.29, 1.82) is 0 Å². The van der Waals surface area contributed by atoms with Crippen LogP contribution in [0.15, 0.2) is 42.5 Å². The summed E-state index contributed by atoms with van der Waals surface area (Å²) in [4.78, 5) is 56.3. The van der Waals surface area contributed by atoms with Gasteiger partial charge in [0.2, 0.25) is 11.8 Å². The average molecular weight is 487 g/mol. The molecule has 1 aromatic heterocycles. The SMILES string of the molecule is O=C1CCC(N2Cc3cc(C4CCN(C(=O)c5cc6ccc(O)cc6[nH]5)CC4)ccc3C2=O)C(=O)N1. The third-order valence-electron chi connectivity index (χ3n) is 7.64. The van der Waals surface area contributed by atoms with Gasteiger partial charge >= 0.3 is 0 Å². The Hall–Kier alpha value is -4.14. The first-order chi connectivity index (χ1) is 17.4. The van der Waals surface area contributed by atoms with Gasteiger partial charge in [-0.1, -0.05) is 12.1 Å². The van der Waals surface area contributed by atoms with Crippen LogP contribution in [0.3, 0.4) is 0 Å². The highest BCUT2D eigenvalue weighted by Gasteiger charge is 2.39. The Bertz CT molecular complexity index is 1420. The summed E-state index contributed by atoms with van der Waals surface area (Å²) in [5.74, 6) is -0.492. The molecular weight excluding hydrogens is 460 g/mol. The number of likely N-dealkylation sites (tertiary alicyclic amines) is 1. The lowest BCUT2D eigenvalue weighted by atomic mass is 9.88. The first-order valence-corrected chi connectivity index (χ1v) is 12.3. The number of piperidine rings is 2. The maximum absolute atomic E-state index is 13.1. The predicted molar refractivity (Wildman–Crippen MR) is 130 cm³/mol. The number of H-pyrrole nitrogens is 1. The number of fused-ring (bicyclic) bond motifs is 2. The Morgan fingerprint density at radius 1 is 0.972 bits per heavy atom. The van der Waals surface area contributed by atoms with Gasteiger partial charge in [0.1, 0.15) is 17.5 Å². The molecule has 3 aliphatic rings. The van der Waals surface area contributed by atoms with E-state index in [1.807, 2.05) is 23.1 Å². The van der Waals surface area contributed by atoms with Crippen molar-refractivity contribution >= 4 is 34.5 Å². The van der Waals surface area contributed by atoms with Gasteiger partial charge in [0, 0.05) is 48.6 Å². The second-order valence-electron chi connectivity index (χ2n) is 9.84. The van der Waals surface area contributed by atoms with Crippen LogP contribution in [0.1, 0.15) is 63.6 Å². The van der Waals surface area contributed by atoms with E-state index in [9.17, 15) is 24.3 Å². The molecule has 36 heavy (non-hydrogen) atoms. The summed E-state index contributed by atoms with van der Waals surface area (Å²) in [5, 5.41) is 12.9. The number of carbonyl (C=O) groups is 4. The largest absolute Gasteiger partial charge is 0.508 e. The molecule has 0 bridgehead atoms. The normalized spacial score (nSPS) is 20.7. The van der Waals surface area contributed by atoms with Crippen LogP contribution in [0.25, 0.3) is 10.9 Å². The molecule has 3 N–H and O–H groups in total. The number of nitrogens with zero attached hydrogens (tertiary/aromatic N) is 2. The molecule has 1 atom stereocenters. The fraction of sp³-hybridized carbons (Fsp3) is 0.333. The number of phenols is 1. The lowest BCUT2D eigenvalue weighted by Crippen LogP contribution is -2.52. The van der Waals surface area contributed by atoms with Gasteiger partial charge in [-0.3, -0.25) is 24.5 Å². The van der Waals surface area contributed by atoms with Gasteiger partial charge in [-0.25, -0.2) is 0 Å². The molecule has 3 aromatic rings. The van der Waals surface area contributed by atoms with Crippen molar-refractivity contribution in [2.75, 3.05) is 13.1 Å². The molecule has 2 saturated heterocycles. The molecule has 3 aliphatic heterocycles. The van der Waals surface area contributed by atoms with E-state index in [1.54, 1.807) is 23.1 Å². The topological polar surface area (TPSA) is 123 Å². The number of amides is 4. The first-order valence-electron chi connectivity index (χ1n) is 12.3. The number of hydrogen-bond acceptors (Lipinski definition) is 5. The number of aromatic amines is 1. The van der Waals surface area contributed by atoms with Crippen LogP contribution in [0.5, 0.6) is 5.75 Å². The van der Waals surface area contributed by atoms with Crippen molar-refractivity contribution in [1.82, 2.24) is 20.1 Å². The van der Waals surface area contributed by atoms with Crippen molar-refractivity contribution in [2.45, 2.75) is 44.2 Å². The van der Waals surface area contributed by atoms with Crippen LogP contribution in [0.2, 0.25) is 0 Å². The number of carbonyl (C=O) groups excluding carboxylic acids is 4. The maximum Gasteiger partial charge on any atom is 0.270 e. The van der Waals surface area contributed by atoms with E-state index in [0.717, 1.165) is 34.9 Å². The van der Waals surface area contributed by atoms with Crippen LogP contribution >= 0.6 is 0 Å². The minimum absolute atomic E-state index is 0.0522. The Morgan fingerprint density at radius 3 is 2.56 bits per heavy atom. The van der Waals surface area contributed by atoms with E-state index in [1.165, 1.54) is 0 Å². The molecule has 0 spiro atoms. The third-order valence-corrected chi connectivity index (χ3v) is 7.64. The molecule has 9 heteroatoms. The molecule has 0 saturated carbocycles. The van der Waals surface area contributed by atoms with E-state index < -0.39 is 11.9 Å².